The maximum atomic E-state index is 2.60. The number of para-hydroxylation sites is 1. The zero-order chi connectivity index (χ0) is 37.5. The van der Waals surface area contributed by atoms with Crippen molar-refractivity contribution >= 4 is 22.6 Å². The number of nitrogens with zero attached hydrogens (tertiary/aromatic N) is 1. The van der Waals surface area contributed by atoms with Gasteiger partial charge in [0.1, 0.15) is 0 Å². The van der Waals surface area contributed by atoms with Crippen LogP contribution in [-0.4, -0.2) is 0 Å². The Kier molecular flexibility index (Phi) is 7.55. The number of hydrogen-bond donors (Lipinski definition) is 0. The fourth-order valence-corrected chi connectivity index (χ4v) is 10.3. The number of hydrogen-bond acceptors (Lipinski definition) is 1. The van der Waals surface area contributed by atoms with E-state index in [-0.39, 0.29) is 5.41 Å². The highest BCUT2D eigenvalue weighted by Gasteiger charge is 2.52. The molecule has 0 saturated carbocycles. The number of fused-ring (bicyclic) bond motifs is 13. The minimum absolute atomic E-state index is 0.132. The van der Waals surface area contributed by atoms with Gasteiger partial charge in [-0.15, -0.1) is 0 Å². The Hall–Kier alpha value is -6.18. The fourth-order valence-electron chi connectivity index (χ4n) is 10.3. The number of benzene rings is 7. The van der Waals surface area contributed by atoms with Crippen molar-refractivity contribution in [3.8, 4) is 33.4 Å². The van der Waals surface area contributed by atoms with E-state index < -0.39 is 5.41 Å². The van der Waals surface area contributed by atoms with E-state index >= 15 is 0 Å². The number of anilines is 3. The van der Waals surface area contributed by atoms with Crippen LogP contribution in [0.5, 0.6) is 0 Å². The third kappa shape index (κ3) is 4.59. The highest BCUT2D eigenvalue weighted by atomic mass is 15.2. The maximum absolute atomic E-state index is 2.60. The molecule has 0 fully saturated rings. The molecule has 0 atom stereocenters. The third-order valence-corrected chi connectivity index (χ3v) is 12.4. The second kappa shape index (κ2) is 12.4. The van der Waals surface area contributed by atoms with Crippen molar-refractivity contribution < 1.29 is 0 Å². The molecule has 1 spiro atoms. The molecular formula is C54H45N. The Balaban J connectivity index is 1.35. The van der Waals surface area contributed by atoms with Crippen LogP contribution >= 0.6 is 0 Å². The molecule has 55 heavy (non-hydrogen) atoms. The SMILES string of the molecule is C/C=C\C(=C/C(C)C)c1ccccc1N(c1cccc2c1-c1ccccc1C2(C)C)c1cccc2c1-c1ccccc1C21c2ccccc2-c2ccccc21. The summed E-state index contributed by atoms with van der Waals surface area (Å²) in [6.07, 6.45) is 6.84. The first-order valence-electron chi connectivity index (χ1n) is 19.8. The molecule has 3 aliphatic rings. The smallest absolute Gasteiger partial charge is 0.0726 e. The summed E-state index contributed by atoms with van der Waals surface area (Å²) in [4.78, 5) is 2.60. The van der Waals surface area contributed by atoms with Gasteiger partial charge in [0.25, 0.3) is 0 Å². The summed E-state index contributed by atoms with van der Waals surface area (Å²) >= 11 is 0. The van der Waals surface area contributed by atoms with Gasteiger partial charge >= 0.3 is 0 Å². The van der Waals surface area contributed by atoms with Crippen LogP contribution in [0.2, 0.25) is 0 Å². The lowest BCUT2D eigenvalue weighted by Crippen LogP contribution is -2.26. The van der Waals surface area contributed by atoms with Crippen molar-refractivity contribution in [2.45, 2.75) is 45.4 Å². The van der Waals surface area contributed by atoms with Gasteiger partial charge in [0.2, 0.25) is 0 Å². The second-order valence-corrected chi connectivity index (χ2v) is 16.2. The quantitative estimate of drug-likeness (QED) is 0.156. The van der Waals surface area contributed by atoms with E-state index in [1.807, 2.05) is 0 Å². The Morgan fingerprint density at radius 1 is 0.473 bits per heavy atom. The highest BCUT2D eigenvalue weighted by molar-refractivity contribution is 6.04. The van der Waals surface area contributed by atoms with Crippen LogP contribution in [0, 0.1) is 5.92 Å². The van der Waals surface area contributed by atoms with Crippen molar-refractivity contribution in [1.29, 1.82) is 0 Å². The van der Waals surface area contributed by atoms with Gasteiger partial charge in [-0.3, -0.25) is 0 Å². The van der Waals surface area contributed by atoms with Crippen molar-refractivity contribution in [3.63, 3.8) is 0 Å². The molecule has 7 aromatic rings. The van der Waals surface area contributed by atoms with E-state index in [0.29, 0.717) is 5.92 Å². The summed E-state index contributed by atoms with van der Waals surface area (Å²) < 4.78 is 0. The van der Waals surface area contributed by atoms with Gasteiger partial charge in [-0.2, -0.15) is 0 Å². The van der Waals surface area contributed by atoms with Gasteiger partial charge < -0.3 is 4.90 Å². The topological polar surface area (TPSA) is 3.24 Å². The summed E-state index contributed by atoms with van der Waals surface area (Å²) in [6.45, 7) is 11.4. The number of allylic oxidation sites excluding steroid dienone is 4. The van der Waals surface area contributed by atoms with E-state index in [0.717, 1.165) is 0 Å². The summed E-state index contributed by atoms with van der Waals surface area (Å²) in [6, 6.07) is 59.5. The zero-order valence-electron chi connectivity index (χ0n) is 32.3. The predicted molar refractivity (Wildman–Crippen MR) is 233 cm³/mol. The first-order chi connectivity index (χ1) is 26.9. The molecule has 0 radical (unpaired) electrons. The van der Waals surface area contributed by atoms with Crippen LogP contribution in [0.1, 0.15) is 73.6 Å². The molecule has 10 rings (SSSR count). The van der Waals surface area contributed by atoms with E-state index in [4.69, 9.17) is 0 Å². The predicted octanol–water partition coefficient (Wildman–Crippen LogP) is 14.4. The molecule has 0 unspecified atom stereocenters. The summed E-state index contributed by atoms with van der Waals surface area (Å²) in [7, 11) is 0. The van der Waals surface area contributed by atoms with Gasteiger partial charge in [-0.25, -0.2) is 0 Å². The molecular weight excluding hydrogens is 663 g/mol. The Morgan fingerprint density at radius 2 is 0.909 bits per heavy atom. The lowest BCUT2D eigenvalue weighted by atomic mass is 9.70. The van der Waals surface area contributed by atoms with Crippen LogP contribution in [-0.2, 0) is 10.8 Å². The van der Waals surface area contributed by atoms with Gasteiger partial charge in [0, 0.05) is 22.1 Å². The minimum Gasteiger partial charge on any atom is -0.309 e. The van der Waals surface area contributed by atoms with E-state index in [1.165, 1.54) is 95.0 Å². The Labute approximate surface area is 326 Å². The maximum Gasteiger partial charge on any atom is 0.0726 e. The molecule has 1 nitrogen and oxygen atoms in total. The molecule has 0 bridgehead atoms. The molecule has 0 saturated heterocycles. The molecule has 7 aromatic carbocycles. The minimum atomic E-state index is -0.429. The monoisotopic (exact) mass is 707 g/mol. The first-order valence-corrected chi connectivity index (χ1v) is 19.8. The normalized spacial score (nSPS) is 15.1. The summed E-state index contributed by atoms with van der Waals surface area (Å²) in [5, 5.41) is 0. The van der Waals surface area contributed by atoms with Crippen LogP contribution in [0.3, 0.4) is 0 Å². The van der Waals surface area contributed by atoms with Crippen molar-refractivity contribution in [1.82, 2.24) is 0 Å². The van der Waals surface area contributed by atoms with Crippen molar-refractivity contribution in [2.75, 3.05) is 4.90 Å². The molecule has 1 heteroatoms. The summed E-state index contributed by atoms with van der Waals surface area (Å²) in [5.41, 5.74) is 21.5. The largest absolute Gasteiger partial charge is 0.309 e. The highest BCUT2D eigenvalue weighted by Crippen LogP contribution is 2.65. The standard InChI is InChI=1S/C54H45N/c1-6-19-36(34-35(2)3)37-20-11-16-31-48(37)55(49-32-17-29-46-51(49)40-23-9-12-25-42(40)53(46,4)5)50-33-18-30-47-52(50)41-24-10-15-28-45(41)54(47)43-26-13-7-21-38(43)39-22-8-14-27-44(39)54/h6-35H,1-5H3/b19-6-,36-34+. The van der Waals surface area contributed by atoms with E-state index in [1.54, 1.807) is 0 Å². The molecule has 3 aliphatic carbocycles. The fraction of sp³-hybridized carbons (Fsp3) is 0.148. The molecule has 0 heterocycles. The van der Waals surface area contributed by atoms with E-state index in [2.05, 4.69) is 215 Å². The van der Waals surface area contributed by atoms with Crippen molar-refractivity contribution in [3.05, 3.63) is 215 Å². The number of rotatable bonds is 6. The van der Waals surface area contributed by atoms with Gasteiger partial charge in [-0.1, -0.05) is 185 Å². The third-order valence-electron chi connectivity index (χ3n) is 12.4. The average molecular weight is 708 g/mol. The first kappa shape index (κ1) is 33.4. The lowest BCUT2D eigenvalue weighted by Gasteiger charge is -2.33. The summed E-state index contributed by atoms with van der Waals surface area (Å²) in [5.74, 6) is 0.386. The second-order valence-electron chi connectivity index (χ2n) is 16.2. The van der Waals surface area contributed by atoms with Crippen LogP contribution in [0.25, 0.3) is 39.0 Å². The molecule has 0 amide bonds. The molecule has 0 aromatic heterocycles. The van der Waals surface area contributed by atoms with Crippen LogP contribution < -0.4 is 4.90 Å². The van der Waals surface area contributed by atoms with Gasteiger partial charge in [-0.05, 0) is 92.2 Å². The van der Waals surface area contributed by atoms with E-state index in [9.17, 15) is 0 Å². The Morgan fingerprint density at radius 3 is 1.51 bits per heavy atom. The Bertz CT molecular complexity index is 2690. The molecule has 266 valence electrons. The average Bonchev–Trinajstić information content (AvgIpc) is 3.78. The zero-order valence-corrected chi connectivity index (χ0v) is 32.3. The van der Waals surface area contributed by atoms with Gasteiger partial charge in [0.05, 0.1) is 22.5 Å². The van der Waals surface area contributed by atoms with Crippen LogP contribution in [0.4, 0.5) is 17.1 Å². The van der Waals surface area contributed by atoms with Gasteiger partial charge in [0.15, 0.2) is 0 Å². The molecule has 0 aliphatic heterocycles. The lowest BCUT2D eigenvalue weighted by molar-refractivity contribution is 0.660. The van der Waals surface area contributed by atoms with Crippen LogP contribution in [0.15, 0.2) is 176 Å². The molecule has 0 N–H and O–H groups in total. The van der Waals surface area contributed by atoms with Crippen molar-refractivity contribution in [2.24, 2.45) is 5.92 Å².